The molecule has 5 nitrogen and oxygen atoms in total. The summed E-state index contributed by atoms with van der Waals surface area (Å²) in [5.41, 5.74) is 1.68. The van der Waals surface area contributed by atoms with Gasteiger partial charge >= 0.3 is 5.97 Å². The van der Waals surface area contributed by atoms with Gasteiger partial charge < -0.3 is 19.4 Å². The van der Waals surface area contributed by atoms with Gasteiger partial charge in [-0.25, -0.2) is 4.79 Å². The molecule has 1 aromatic carbocycles. The summed E-state index contributed by atoms with van der Waals surface area (Å²) < 4.78 is 10.5. The first-order chi connectivity index (χ1) is 13.4. The molecule has 0 saturated carbocycles. The van der Waals surface area contributed by atoms with E-state index in [9.17, 15) is 9.90 Å². The summed E-state index contributed by atoms with van der Waals surface area (Å²) >= 11 is 0. The maximum absolute atomic E-state index is 11.7. The SMILES string of the molecule is CCCCCCC(C)(C)c1ccc(-c2ccc(C(=O)OCC)o2)c(O)c1.CO. The van der Waals surface area contributed by atoms with E-state index >= 15 is 0 Å². The highest BCUT2D eigenvalue weighted by Crippen LogP contribution is 2.37. The van der Waals surface area contributed by atoms with E-state index in [0.29, 0.717) is 17.9 Å². The van der Waals surface area contributed by atoms with Crippen LogP contribution < -0.4 is 0 Å². The fourth-order valence-electron chi connectivity index (χ4n) is 3.09. The Morgan fingerprint density at radius 3 is 2.39 bits per heavy atom. The third-order valence-electron chi connectivity index (χ3n) is 4.78. The zero-order valence-electron chi connectivity index (χ0n) is 17.7. The third-order valence-corrected chi connectivity index (χ3v) is 4.78. The number of esters is 1. The van der Waals surface area contributed by atoms with Crippen molar-refractivity contribution >= 4 is 5.97 Å². The normalized spacial score (nSPS) is 10.9. The number of ether oxygens (including phenoxy) is 1. The van der Waals surface area contributed by atoms with Gasteiger partial charge in [-0.1, -0.05) is 52.5 Å². The second-order valence-electron chi connectivity index (χ2n) is 7.31. The van der Waals surface area contributed by atoms with E-state index in [0.717, 1.165) is 19.1 Å². The second kappa shape index (κ2) is 11.5. The average Bonchev–Trinajstić information content (AvgIpc) is 3.17. The smallest absolute Gasteiger partial charge is 0.374 e. The van der Waals surface area contributed by atoms with E-state index in [-0.39, 0.29) is 16.9 Å². The first-order valence-corrected chi connectivity index (χ1v) is 9.94. The van der Waals surface area contributed by atoms with Gasteiger partial charge in [0.05, 0.1) is 12.2 Å². The van der Waals surface area contributed by atoms with Crippen molar-refractivity contribution in [3.63, 3.8) is 0 Å². The van der Waals surface area contributed by atoms with Crippen LogP contribution in [0.3, 0.4) is 0 Å². The quantitative estimate of drug-likeness (QED) is 0.425. The van der Waals surface area contributed by atoms with E-state index in [1.54, 1.807) is 19.1 Å². The number of carbonyl (C=O) groups excluding carboxylic acids is 1. The van der Waals surface area contributed by atoms with Gasteiger partial charge in [0.1, 0.15) is 11.5 Å². The molecule has 156 valence electrons. The number of carbonyl (C=O) groups is 1. The van der Waals surface area contributed by atoms with Gasteiger partial charge in [-0.05, 0) is 48.6 Å². The molecular weight excluding hydrogens is 356 g/mol. The van der Waals surface area contributed by atoms with Crippen molar-refractivity contribution in [1.82, 2.24) is 0 Å². The molecule has 0 radical (unpaired) electrons. The summed E-state index contributed by atoms with van der Waals surface area (Å²) in [5.74, 6) is 0.261. The average molecular weight is 391 g/mol. The molecule has 2 rings (SSSR count). The highest BCUT2D eigenvalue weighted by atomic mass is 16.5. The monoisotopic (exact) mass is 390 g/mol. The van der Waals surface area contributed by atoms with Crippen molar-refractivity contribution in [1.29, 1.82) is 0 Å². The Hall–Kier alpha value is -2.27. The lowest BCUT2D eigenvalue weighted by molar-refractivity contribution is 0.0491. The van der Waals surface area contributed by atoms with Gasteiger partial charge in [0, 0.05) is 7.11 Å². The number of benzene rings is 1. The molecule has 0 aliphatic heterocycles. The molecule has 0 saturated heterocycles. The van der Waals surface area contributed by atoms with Crippen LogP contribution in [-0.4, -0.2) is 29.9 Å². The lowest BCUT2D eigenvalue weighted by Crippen LogP contribution is -2.16. The van der Waals surface area contributed by atoms with Crippen LogP contribution in [0.25, 0.3) is 11.3 Å². The van der Waals surface area contributed by atoms with E-state index in [1.165, 1.54) is 25.7 Å². The van der Waals surface area contributed by atoms with Crippen molar-refractivity contribution < 1.29 is 24.2 Å². The van der Waals surface area contributed by atoms with Crippen LogP contribution in [0, 0.1) is 0 Å². The van der Waals surface area contributed by atoms with Crippen LogP contribution in [0.2, 0.25) is 0 Å². The lowest BCUT2D eigenvalue weighted by atomic mass is 9.79. The fraction of sp³-hybridized carbons (Fsp3) is 0.522. The van der Waals surface area contributed by atoms with Crippen LogP contribution in [0.5, 0.6) is 5.75 Å². The molecule has 0 fully saturated rings. The Kier molecular flexibility index (Phi) is 9.80. The van der Waals surface area contributed by atoms with E-state index < -0.39 is 5.97 Å². The highest BCUT2D eigenvalue weighted by molar-refractivity contribution is 5.87. The molecule has 0 amide bonds. The molecule has 0 bridgehead atoms. The van der Waals surface area contributed by atoms with Gasteiger partial charge in [0.15, 0.2) is 0 Å². The van der Waals surface area contributed by atoms with Crippen LogP contribution in [0.1, 0.15) is 75.9 Å². The third kappa shape index (κ3) is 6.41. The predicted molar refractivity (Wildman–Crippen MR) is 112 cm³/mol. The maximum atomic E-state index is 11.7. The zero-order valence-corrected chi connectivity index (χ0v) is 17.7. The molecule has 1 heterocycles. The first-order valence-electron chi connectivity index (χ1n) is 9.94. The number of aliphatic hydroxyl groups is 1. The first kappa shape index (κ1) is 23.8. The number of unbranched alkanes of at least 4 members (excludes halogenated alkanes) is 3. The van der Waals surface area contributed by atoms with Crippen molar-refractivity contribution in [2.24, 2.45) is 0 Å². The minimum absolute atomic E-state index is 0.00298. The standard InChI is InChI=1S/C22H30O4.CH4O/c1-5-7-8-9-14-22(3,4)16-10-11-17(18(23)15-16)19-12-13-20(26-19)21(24)25-6-2;1-2/h10-13,15,23H,5-9,14H2,1-4H3;2H,1H3. The summed E-state index contributed by atoms with van der Waals surface area (Å²) in [6.07, 6.45) is 6.01. The van der Waals surface area contributed by atoms with Crippen LogP contribution in [0.15, 0.2) is 34.7 Å². The molecule has 2 aromatic rings. The van der Waals surface area contributed by atoms with Crippen molar-refractivity contribution in [3.8, 4) is 17.1 Å². The largest absolute Gasteiger partial charge is 0.507 e. The Labute approximate surface area is 168 Å². The zero-order chi connectivity index (χ0) is 21.2. The molecular formula is C23H34O5. The molecule has 0 spiro atoms. The molecule has 2 N–H and O–H groups in total. The van der Waals surface area contributed by atoms with Gasteiger partial charge in [-0.15, -0.1) is 0 Å². The summed E-state index contributed by atoms with van der Waals surface area (Å²) in [5, 5.41) is 17.5. The van der Waals surface area contributed by atoms with Gasteiger partial charge in [0.2, 0.25) is 5.76 Å². The van der Waals surface area contributed by atoms with E-state index in [2.05, 4.69) is 20.8 Å². The van der Waals surface area contributed by atoms with E-state index in [4.69, 9.17) is 14.3 Å². The summed E-state index contributed by atoms with van der Waals surface area (Å²) in [6.45, 7) is 8.67. The van der Waals surface area contributed by atoms with Gasteiger partial charge in [-0.2, -0.15) is 0 Å². The minimum atomic E-state index is -0.497. The Morgan fingerprint density at radius 1 is 1.07 bits per heavy atom. The number of rotatable bonds is 9. The Bertz CT molecular complexity index is 730. The van der Waals surface area contributed by atoms with Crippen molar-refractivity contribution in [2.75, 3.05) is 13.7 Å². The predicted octanol–water partition coefficient (Wildman–Crippen LogP) is 5.69. The fourth-order valence-corrected chi connectivity index (χ4v) is 3.09. The molecule has 0 atom stereocenters. The number of phenolic OH excluding ortho intramolecular Hbond substituents is 1. The molecule has 0 aliphatic rings. The maximum Gasteiger partial charge on any atom is 0.374 e. The van der Waals surface area contributed by atoms with Crippen molar-refractivity contribution in [3.05, 3.63) is 41.7 Å². The summed E-state index contributed by atoms with van der Waals surface area (Å²) in [4.78, 5) is 11.7. The molecule has 1 aromatic heterocycles. The summed E-state index contributed by atoms with van der Waals surface area (Å²) in [6, 6.07) is 8.94. The molecule has 28 heavy (non-hydrogen) atoms. The molecule has 0 aliphatic carbocycles. The second-order valence-corrected chi connectivity index (χ2v) is 7.31. The van der Waals surface area contributed by atoms with Crippen LogP contribution in [0.4, 0.5) is 0 Å². The number of aliphatic hydroxyl groups excluding tert-OH is 1. The Morgan fingerprint density at radius 2 is 1.79 bits per heavy atom. The number of aromatic hydroxyl groups is 1. The van der Waals surface area contributed by atoms with Crippen LogP contribution in [-0.2, 0) is 10.2 Å². The highest BCUT2D eigenvalue weighted by Gasteiger charge is 2.22. The topological polar surface area (TPSA) is 79.9 Å². The van der Waals surface area contributed by atoms with Crippen molar-refractivity contribution in [2.45, 2.75) is 65.2 Å². The van der Waals surface area contributed by atoms with E-state index in [1.807, 2.05) is 18.2 Å². The number of hydrogen-bond acceptors (Lipinski definition) is 5. The number of furan rings is 1. The molecule has 5 heteroatoms. The van der Waals surface area contributed by atoms with Crippen LogP contribution >= 0.6 is 0 Å². The minimum Gasteiger partial charge on any atom is -0.507 e. The number of phenols is 1. The molecule has 0 unspecified atom stereocenters. The van der Waals surface area contributed by atoms with Gasteiger partial charge in [-0.3, -0.25) is 0 Å². The number of hydrogen-bond donors (Lipinski definition) is 2. The van der Waals surface area contributed by atoms with Gasteiger partial charge in [0.25, 0.3) is 0 Å². The lowest BCUT2D eigenvalue weighted by Gasteiger charge is -2.26. The summed E-state index contributed by atoms with van der Waals surface area (Å²) in [7, 11) is 1.00. The Balaban J connectivity index is 0.00000190.